The van der Waals surface area contributed by atoms with Gasteiger partial charge in [0, 0.05) is 42.7 Å². The van der Waals surface area contributed by atoms with Crippen molar-refractivity contribution in [2.45, 2.75) is 39.3 Å². The standard InChI is InChI=1S/C16H27N3OS/c1-14(2)19-7-8-20-13-16(12-19)4-3-6-18(11-16)10-15-17-5-9-21-15/h5,9,14H,3-4,6-8,10-13H2,1-2H3/t16-/m0/s1. The van der Waals surface area contributed by atoms with Crippen LogP contribution in [0.4, 0.5) is 0 Å². The van der Waals surface area contributed by atoms with Gasteiger partial charge in [-0.05, 0) is 33.2 Å². The second-order valence-electron chi connectivity index (χ2n) is 6.86. The molecular weight excluding hydrogens is 282 g/mol. The third kappa shape index (κ3) is 3.83. The van der Waals surface area contributed by atoms with Crippen LogP contribution in [0.1, 0.15) is 31.7 Å². The molecule has 0 saturated carbocycles. The van der Waals surface area contributed by atoms with Gasteiger partial charge in [0.05, 0.1) is 19.8 Å². The molecular formula is C16H27N3OS. The van der Waals surface area contributed by atoms with E-state index in [1.54, 1.807) is 11.3 Å². The first-order chi connectivity index (χ1) is 10.2. The molecule has 2 saturated heterocycles. The number of thiazole rings is 1. The Morgan fingerprint density at radius 1 is 1.38 bits per heavy atom. The average Bonchev–Trinajstić information content (AvgIpc) is 2.87. The first-order valence-electron chi connectivity index (χ1n) is 8.09. The third-order valence-electron chi connectivity index (χ3n) is 4.78. The Labute approximate surface area is 132 Å². The second-order valence-corrected chi connectivity index (χ2v) is 7.84. The van der Waals surface area contributed by atoms with Crippen molar-refractivity contribution in [3.05, 3.63) is 16.6 Å². The summed E-state index contributed by atoms with van der Waals surface area (Å²) in [4.78, 5) is 9.62. The molecule has 0 unspecified atom stereocenters. The predicted octanol–water partition coefficient (Wildman–Crippen LogP) is 2.47. The molecule has 1 aromatic heterocycles. The van der Waals surface area contributed by atoms with Gasteiger partial charge in [-0.25, -0.2) is 4.98 Å². The summed E-state index contributed by atoms with van der Waals surface area (Å²) in [5, 5.41) is 3.31. The van der Waals surface area contributed by atoms with Gasteiger partial charge in [0.25, 0.3) is 0 Å². The lowest BCUT2D eigenvalue weighted by atomic mass is 9.80. The van der Waals surface area contributed by atoms with Crippen molar-refractivity contribution in [2.75, 3.05) is 39.4 Å². The molecule has 0 aliphatic carbocycles. The van der Waals surface area contributed by atoms with Crippen molar-refractivity contribution in [2.24, 2.45) is 5.41 Å². The van der Waals surface area contributed by atoms with Gasteiger partial charge in [-0.3, -0.25) is 9.80 Å². The Kier molecular flexibility index (Phi) is 4.94. The molecule has 1 aromatic rings. The average molecular weight is 309 g/mol. The molecule has 4 nitrogen and oxygen atoms in total. The lowest BCUT2D eigenvalue weighted by Crippen LogP contribution is -2.51. The van der Waals surface area contributed by atoms with E-state index in [1.807, 2.05) is 6.20 Å². The molecule has 2 aliphatic rings. The fourth-order valence-electron chi connectivity index (χ4n) is 3.68. The molecule has 3 heterocycles. The molecule has 3 rings (SSSR count). The van der Waals surface area contributed by atoms with Gasteiger partial charge in [0.1, 0.15) is 5.01 Å². The lowest BCUT2D eigenvalue weighted by Gasteiger charge is -2.44. The van der Waals surface area contributed by atoms with E-state index >= 15 is 0 Å². The number of hydrogen-bond donors (Lipinski definition) is 0. The largest absolute Gasteiger partial charge is 0.379 e. The maximum absolute atomic E-state index is 5.97. The highest BCUT2D eigenvalue weighted by atomic mass is 32.1. The van der Waals surface area contributed by atoms with E-state index in [0.717, 1.165) is 32.8 Å². The van der Waals surface area contributed by atoms with Gasteiger partial charge >= 0.3 is 0 Å². The van der Waals surface area contributed by atoms with Gasteiger partial charge in [0.2, 0.25) is 0 Å². The number of rotatable bonds is 3. The van der Waals surface area contributed by atoms with Crippen LogP contribution >= 0.6 is 11.3 Å². The SMILES string of the molecule is CC(C)N1CCOC[C@]2(CCCN(Cc3nccs3)C2)C1. The maximum Gasteiger partial charge on any atom is 0.107 e. The monoisotopic (exact) mass is 309 g/mol. The van der Waals surface area contributed by atoms with Crippen molar-refractivity contribution < 1.29 is 4.74 Å². The minimum Gasteiger partial charge on any atom is -0.379 e. The second kappa shape index (κ2) is 6.73. The van der Waals surface area contributed by atoms with E-state index in [-0.39, 0.29) is 0 Å². The van der Waals surface area contributed by atoms with E-state index in [4.69, 9.17) is 4.74 Å². The number of nitrogens with zero attached hydrogens (tertiary/aromatic N) is 3. The molecule has 0 aromatic carbocycles. The first kappa shape index (κ1) is 15.4. The van der Waals surface area contributed by atoms with Crippen molar-refractivity contribution in [1.82, 2.24) is 14.8 Å². The van der Waals surface area contributed by atoms with Gasteiger partial charge in [-0.2, -0.15) is 0 Å². The smallest absolute Gasteiger partial charge is 0.107 e. The number of likely N-dealkylation sites (tertiary alicyclic amines) is 1. The summed E-state index contributed by atoms with van der Waals surface area (Å²) < 4.78 is 5.97. The Morgan fingerprint density at radius 3 is 3.05 bits per heavy atom. The zero-order chi connectivity index (χ0) is 14.7. The van der Waals surface area contributed by atoms with Crippen LogP contribution in [-0.4, -0.2) is 60.2 Å². The highest BCUT2D eigenvalue weighted by molar-refractivity contribution is 7.09. The summed E-state index contributed by atoms with van der Waals surface area (Å²) >= 11 is 1.77. The van der Waals surface area contributed by atoms with Gasteiger partial charge < -0.3 is 4.74 Å². The van der Waals surface area contributed by atoms with Crippen molar-refractivity contribution in [3.63, 3.8) is 0 Å². The minimum atomic E-state index is 0.316. The Morgan fingerprint density at radius 2 is 2.29 bits per heavy atom. The molecule has 0 radical (unpaired) electrons. The molecule has 0 N–H and O–H groups in total. The predicted molar refractivity (Wildman–Crippen MR) is 86.6 cm³/mol. The molecule has 5 heteroatoms. The molecule has 2 fully saturated rings. The van der Waals surface area contributed by atoms with Crippen LogP contribution in [0.25, 0.3) is 0 Å². The summed E-state index contributed by atoms with van der Waals surface area (Å²) in [6, 6.07) is 0.609. The van der Waals surface area contributed by atoms with Crippen LogP contribution < -0.4 is 0 Å². The van der Waals surface area contributed by atoms with Crippen molar-refractivity contribution >= 4 is 11.3 Å². The van der Waals surface area contributed by atoms with Crippen LogP contribution in [0.3, 0.4) is 0 Å². The van der Waals surface area contributed by atoms with Crippen LogP contribution in [0, 0.1) is 5.41 Å². The third-order valence-corrected chi connectivity index (χ3v) is 5.55. The van der Waals surface area contributed by atoms with Crippen molar-refractivity contribution in [3.8, 4) is 0 Å². The molecule has 2 aliphatic heterocycles. The molecule has 0 bridgehead atoms. The fourth-order valence-corrected chi connectivity index (χ4v) is 4.34. The first-order valence-corrected chi connectivity index (χ1v) is 8.97. The van der Waals surface area contributed by atoms with E-state index in [2.05, 4.69) is 34.0 Å². The normalized spacial score (nSPS) is 29.1. The number of piperidine rings is 1. The molecule has 0 amide bonds. The highest BCUT2D eigenvalue weighted by Gasteiger charge is 2.39. The van der Waals surface area contributed by atoms with Gasteiger partial charge in [0.15, 0.2) is 0 Å². The lowest BCUT2D eigenvalue weighted by molar-refractivity contribution is 0.000953. The topological polar surface area (TPSA) is 28.6 Å². The van der Waals surface area contributed by atoms with E-state index < -0.39 is 0 Å². The number of ether oxygens (including phenoxy) is 1. The zero-order valence-electron chi connectivity index (χ0n) is 13.3. The molecule has 1 spiro atoms. The summed E-state index contributed by atoms with van der Waals surface area (Å²) in [7, 11) is 0. The summed E-state index contributed by atoms with van der Waals surface area (Å²) in [5.74, 6) is 0. The molecule has 21 heavy (non-hydrogen) atoms. The zero-order valence-corrected chi connectivity index (χ0v) is 14.1. The van der Waals surface area contributed by atoms with E-state index in [0.29, 0.717) is 11.5 Å². The Balaban J connectivity index is 1.67. The van der Waals surface area contributed by atoms with Gasteiger partial charge in [-0.15, -0.1) is 11.3 Å². The van der Waals surface area contributed by atoms with E-state index in [9.17, 15) is 0 Å². The van der Waals surface area contributed by atoms with Crippen LogP contribution in [0.15, 0.2) is 11.6 Å². The molecule has 118 valence electrons. The fraction of sp³-hybridized carbons (Fsp3) is 0.812. The Bertz CT molecular complexity index is 437. The van der Waals surface area contributed by atoms with Crippen molar-refractivity contribution in [1.29, 1.82) is 0 Å². The maximum atomic E-state index is 5.97. The molecule has 1 atom stereocenters. The summed E-state index contributed by atoms with van der Waals surface area (Å²) in [6.45, 7) is 12.0. The highest BCUT2D eigenvalue weighted by Crippen LogP contribution is 2.34. The van der Waals surface area contributed by atoms with Crippen LogP contribution in [0.5, 0.6) is 0 Å². The van der Waals surface area contributed by atoms with Crippen LogP contribution in [-0.2, 0) is 11.3 Å². The minimum absolute atomic E-state index is 0.316. The van der Waals surface area contributed by atoms with E-state index in [1.165, 1.54) is 30.9 Å². The quantitative estimate of drug-likeness (QED) is 0.857. The van der Waals surface area contributed by atoms with Gasteiger partial charge in [-0.1, -0.05) is 0 Å². The number of hydrogen-bond acceptors (Lipinski definition) is 5. The summed E-state index contributed by atoms with van der Waals surface area (Å²) in [6.07, 6.45) is 4.49. The summed E-state index contributed by atoms with van der Waals surface area (Å²) in [5.41, 5.74) is 0.316. The Hall–Kier alpha value is -0.490. The van der Waals surface area contributed by atoms with Crippen LogP contribution in [0.2, 0.25) is 0 Å². The number of aromatic nitrogens is 1.